The molecule has 0 aliphatic carbocycles. The summed E-state index contributed by atoms with van der Waals surface area (Å²) < 4.78 is 5.39. The average Bonchev–Trinajstić information content (AvgIpc) is 2.68. The number of nitrogens with zero attached hydrogens (tertiary/aromatic N) is 2. The Hall–Kier alpha value is -0.870. The summed E-state index contributed by atoms with van der Waals surface area (Å²) in [7, 11) is 2.15. The first-order valence-electron chi connectivity index (χ1n) is 5.66. The fourth-order valence-corrected chi connectivity index (χ4v) is 2.17. The van der Waals surface area contributed by atoms with Crippen molar-refractivity contribution < 1.29 is 4.42 Å². The summed E-state index contributed by atoms with van der Waals surface area (Å²) >= 11 is 0. The summed E-state index contributed by atoms with van der Waals surface area (Å²) in [6.45, 7) is 1.75. The second-order valence-electron chi connectivity index (χ2n) is 4.20. The summed E-state index contributed by atoms with van der Waals surface area (Å²) in [4.78, 5) is 6.84. The summed E-state index contributed by atoms with van der Waals surface area (Å²) in [6, 6.07) is 0.439. The van der Waals surface area contributed by atoms with Gasteiger partial charge in [-0.25, -0.2) is 4.98 Å². The second kappa shape index (κ2) is 4.77. The molecule has 1 aliphatic heterocycles. The molecule has 2 rings (SSSR count). The van der Waals surface area contributed by atoms with E-state index in [1.54, 1.807) is 6.26 Å². The SMILES string of the molecule is CN1CCCCC1c1coc(CCN)n1. The standard InChI is InChI=1S/C11H19N3O/c1-14-7-3-2-4-10(14)9-8-15-11(13-9)5-6-12/h8,10H,2-7,12H2,1H3. The van der Waals surface area contributed by atoms with Gasteiger partial charge in [0.15, 0.2) is 5.89 Å². The van der Waals surface area contributed by atoms with E-state index in [2.05, 4.69) is 16.9 Å². The van der Waals surface area contributed by atoms with Crippen LogP contribution in [-0.2, 0) is 6.42 Å². The number of hydrogen-bond donors (Lipinski definition) is 1. The van der Waals surface area contributed by atoms with Crippen LogP contribution in [-0.4, -0.2) is 30.0 Å². The van der Waals surface area contributed by atoms with Crippen LogP contribution < -0.4 is 5.73 Å². The van der Waals surface area contributed by atoms with Crippen molar-refractivity contribution in [1.29, 1.82) is 0 Å². The highest BCUT2D eigenvalue weighted by Gasteiger charge is 2.23. The van der Waals surface area contributed by atoms with Crippen molar-refractivity contribution in [3.8, 4) is 0 Å². The minimum absolute atomic E-state index is 0.439. The second-order valence-corrected chi connectivity index (χ2v) is 4.20. The van der Waals surface area contributed by atoms with E-state index in [1.165, 1.54) is 19.3 Å². The number of likely N-dealkylation sites (tertiary alicyclic amines) is 1. The molecule has 1 fully saturated rings. The minimum Gasteiger partial charge on any atom is -0.449 e. The normalized spacial score (nSPS) is 23.2. The zero-order valence-corrected chi connectivity index (χ0v) is 9.28. The first-order chi connectivity index (χ1) is 7.31. The lowest BCUT2D eigenvalue weighted by Gasteiger charge is -2.30. The molecule has 15 heavy (non-hydrogen) atoms. The molecule has 1 unspecified atom stereocenters. The molecule has 0 amide bonds. The highest BCUT2D eigenvalue weighted by Crippen LogP contribution is 2.28. The molecule has 0 saturated carbocycles. The third kappa shape index (κ3) is 2.38. The van der Waals surface area contributed by atoms with Gasteiger partial charge in [0.05, 0.1) is 11.7 Å². The Bertz CT molecular complexity index is 311. The molecule has 1 atom stereocenters. The molecule has 1 aromatic heterocycles. The fraction of sp³-hybridized carbons (Fsp3) is 0.727. The van der Waals surface area contributed by atoms with Crippen LogP contribution in [0, 0.1) is 0 Å². The Morgan fingerprint density at radius 3 is 3.20 bits per heavy atom. The number of oxazole rings is 1. The van der Waals surface area contributed by atoms with Gasteiger partial charge < -0.3 is 10.2 Å². The third-order valence-corrected chi connectivity index (χ3v) is 3.04. The largest absolute Gasteiger partial charge is 0.449 e. The third-order valence-electron chi connectivity index (χ3n) is 3.04. The first kappa shape index (κ1) is 10.6. The van der Waals surface area contributed by atoms with Crippen molar-refractivity contribution in [2.24, 2.45) is 5.73 Å². The smallest absolute Gasteiger partial charge is 0.195 e. The lowest BCUT2D eigenvalue weighted by atomic mass is 10.0. The quantitative estimate of drug-likeness (QED) is 0.816. The predicted molar refractivity (Wildman–Crippen MR) is 58.5 cm³/mol. The zero-order valence-electron chi connectivity index (χ0n) is 9.28. The van der Waals surface area contributed by atoms with Crippen LogP contribution >= 0.6 is 0 Å². The van der Waals surface area contributed by atoms with E-state index in [0.29, 0.717) is 12.6 Å². The molecule has 4 heteroatoms. The summed E-state index contributed by atoms with van der Waals surface area (Å²) in [5, 5.41) is 0. The van der Waals surface area contributed by atoms with E-state index in [4.69, 9.17) is 10.2 Å². The maximum Gasteiger partial charge on any atom is 0.195 e. The van der Waals surface area contributed by atoms with Gasteiger partial charge in [-0.15, -0.1) is 0 Å². The van der Waals surface area contributed by atoms with Crippen molar-refractivity contribution in [3.63, 3.8) is 0 Å². The number of aromatic nitrogens is 1. The molecule has 0 bridgehead atoms. The molecule has 1 aromatic rings. The van der Waals surface area contributed by atoms with Gasteiger partial charge in [-0.05, 0) is 26.4 Å². The average molecular weight is 209 g/mol. The molecular weight excluding hydrogens is 190 g/mol. The van der Waals surface area contributed by atoms with E-state index in [-0.39, 0.29) is 0 Å². The summed E-state index contributed by atoms with van der Waals surface area (Å²) in [5.74, 6) is 0.770. The molecule has 0 radical (unpaired) electrons. The van der Waals surface area contributed by atoms with Gasteiger partial charge in [0.1, 0.15) is 6.26 Å². The lowest BCUT2D eigenvalue weighted by molar-refractivity contribution is 0.183. The van der Waals surface area contributed by atoms with Crippen molar-refractivity contribution >= 4 is 0 Å². The van der Waals surface area contributed by atoms with Crippen molar-refractivity contribution in [3.05, 3.63) is 17.8 Å². The number of rotatable bonds is 3. The molecule has 84 valence electrons. The van der Waals surface area contributed by atoms with Gasteiger partial charge in [0, 0.05) is 13.0 Å². The van der Waals surface area contributed by atoms with Crippen molar-refractivity contribution in [2.45, 2.75) is 31.7 Å². The first-order valence-corrected chi connectivity index (χ1v) is 5.66. The van der Waals surface area contributed by atoms with Crippen LogP contribution in [0.4, 0.5) is 0 Å². The Morgan fingerprint density at radius 1 is 1.60 bits per heavy atom. The van der Waals surface area contributed by atoms with E-state index < -0.39 is 0 Å². The van der Waals surface area contributed by atoms with Crippen molar-refractivity contribution in [2.75, 3.05) is 20.1 Å². The Kier molecular flexibility index (Phi) is 3.38. The maximum atomic E-state index is 5.47. The Balaban J connectivity index is 2.06. The highest BCUT2D eigenvalue weighted by molar-refractivity contribution is 5.04. The van der Waals surface area contributed by atoms with E-state index in [9.17, 15) is 0 Å². The molecule has 0 spiro atoms. The van der Waals surface area contributed by atoms with Gasteiger partial charge in [-0.3, -0.25) is 4.90 Å². The van der Waals surface area contributed by atoms with Gasteiger partial charge >= 0.3 is 0 Å². The monoisotopic (exact) mass is 209 g/mol. The van der Waals surface area contributed by atoms with Crippen molar-refractivity contribution in [1.82, 2.24) is 9.88 Å². The number of piperidine rings is 1. The molecule has 1 saturated heterocycles. The van der Waals surface area contributed by atoms with Crippen LogP contribution in [0.25, 0.3) is 0 Å². The van der Waals surface area contributed by atoms with Crippen LogP contribution in [0.5, 0.6) is 0 Å². The highest BCUT2D eigenvalue weighted by atomic mass is 16.3. The van der Waals surface area contributed by atoms with Crippen LogP contribution in [0.3, 0.4) is 0 Å². The molecule has 0 aromatic carbocycles. The molecule has 2 N–H and O–H groups in total. The van der Waals surface area contributed by atoms with E-state index >= 15 is 0 Å². The van der Waals surface area contributed by atoms with E-state index in [0.717, 1.165) is 24.6 Å². The van der Waals surface area contributed by atoms with E-state index in [1.807, 2.05) is 0 Å². The number of nitrogens with two attached hydrogens (primary N) is 1. The van der Waals surface area contributed by atoms with Crippen LogP contribution in [0.15, 0.2) is 10.7 Å². The molecule has 2 heterocycles. The van der Waals surface area contributed by atoms with Gasteiger partial charge in [-0.1, -0.05) is 6.42 Å². The van der Waals surface area contributed by atoms with Crippen LogP contribution in [0.1, 0.15) is 36.9 Å². The predicted octanol–water partition coefficient (Wildman–Crippen LogP) is 1.33. The zero-order chi connectivity index (χ0) is 10.7. The molecular formula is C11H19N3O. The van der Waals surface area contributed by atoms with Crippen LogP contribution in [0.2, 0.25) is 0 Å². The summed E-state index contributed by atoms with van der Waals surface area (Å²) in [5.41, 5.74) is 6.54. The van der Waals surface area contributed by atoms with Gasteiger partial charge in [0.25, 0.3) is 0 Å². The minimum atomic E-state index is 0.439. The number of hydrogen-bond acceptors (Lipinski definition) is 4. The Labute approximate surface area is 90.5 Å². The topological polar surface area (TPSA) is 55.3 Å². The maximum absolute atomic E-state index is 5.47. The fourth-order valence-electron chi connectivity index (χ4n) is 2.17. The molecule has 1 aliphatic rings. The van der Waals surface area contributed by atoms with Gasteiger partial charge in [-0.2, -0.15) is 0 Å². The molecule has 4 nitrogen and oxygen atoms in total. The summed E-state index contributed by atoms with van der Waals surface area (Å²) in [6.07, 6.45) is 6.29. The Morgan fingerprint density at radius 2 is 2.47 bits per heavy atom. The van der Waals surface area contributed by atoms with Gasteiger partial charge in [0.2, 0.25) is 0 Å². The lowest BCUT2D eigenvalue weighted by Crippen LogP contribution is -2.29.